The van der Waals surface area contributed by atoms with E-state index in [1.807, 2.05) is 6.07 Å². The first-order valence-electron chi connectivity index (χ1n) is 5.48. The second-order valence-electron chi connectivity index (χ2n) is 3.63. The van der Waals surface area contributed by atoms with Crippen molar-refractivity contribution in [2.24, 2.45) is 0 Å². The Morgan fingerprint density at radius 3 is 3.00 bits per heavy atom. The Morgan fingerprint density at radius 1 is 1.47 bits per heavy atom. The van der Waals surface area contributed by atoms with E-state index >= 15 is 0 Å². The fourth-order valence-corrected chi connectivity index (χ4v) is 2.19. The van der Waals surface area contributed by atoms with Gasteiger partial charge in [-0.3, -0.25) is 0 Å². The number of thiazole rings is 1. The van der Waals surface area contributed by atoms with Crippen molar-refractivity contribution in [3.8, 4) is 6.07 Å². The summed E-state index contributed by atoms with van der Waals surface area (Å²) in [5, 5.41) is 22.8. The quantitative estimate of drug-likeness (QED) is 0.862. The van der Waals surface area contributed by atoms with Crippen LogP contribution in [0, 0.1) is 11.3 Å². The zero-order chi connectivity index (χ0) is 13.7. The molecule has 2 rings (SSSR count). The average Bonchev–Trinajstić information content (AvgIpc) is 2.88. The molecule has 0 atom stereocenters. The molecule has 0 aliphatic carbocycles. The molecule has 0 radical (unpaired) electrons. The Kier molecular flexibility index (Phi) is 4.05. The zero-order valence-electron chi connectivity index (χ0n) is 9.83. The first-order valence-corrected chi connectivity index (χ1v) is 6.36. The summed E-state index contributed by atoms with van der Waals surface area (Å²) in [4.78, 5) is 18.7. The van der Waals surface area contributed by atoms with E-state index in [0.29, 0.717) is 24.5 Å². The van der Waals surface area contributed by atoms with Gasteiger partial charge >= 0.3 is 5.97 Å². The molecule has 0 fully saturated rings. The third-order valence-corrected chi connectivity index (χ3v) is 3.19. The van der Waals surface area contributed by atoms with Crippen molar-refractivity contribution in [3.05, 3.63) is 40.0 Å². The highest BCUT2D eigenvalue weighted by molar-refractivity contribution is 7.09. The Labute approximate surface area is 113 Å². The van der Waals surface area contributed by atoms with Crippen LogP contribution in [0.5, 0.6) is 0 Å². The van der Waals surface area contributed by atoms with E-state index < -0.39 is 5.97 Å². The van der Waals surface area contributed by atoms with Crippen LogP contribution < -0.4 is 5.32 Å². The normalized spacial score (nSPS) is 9.84. The van der Waals surface area contributed by atoms with Crippen molar-refractivity contribution in [3.63, 3.8) is 0 Å². The molecule has 0 bridgehead atoms. The van der Waals surface area contributed by atoms with Crippen molar-refractivity contribution >= 4 is 23.1 Å². The fraction of sp³-hybridized carbons (Fsp3) is 0.167. The summed E-state index contributed by atoms with van der Waals surface area (Å²) in [6.45, 7) is 0.578. The maximum absolute atomic E-state index is 10.7. The lowest BCUT2D eigenvalue weighted by molar-refractivity contribution is 0.0691. The maximum atomic E-state index is 10.7. The minimum Gasteiger partial charge on any atom is -0.476 e. The van der Waals surface area contributed by atoms with Gasteiger partial charge < -0.3 is 10.4 Å². The lowest BCUT2D eigenvalue weighted by Crippen LogP contribution is -2.07. The number of hydrogen-bond donors (Lipinski definition) is 2. The van der Waals surface area contributed by atoms with Crippen LogP contribution in [0.3, 0.4) is 0 Å². The number of pyridine rings is 1. The van der Waals surface area contributed by atoms with E-state index in [4.69, 9.17) is 10.4 Å². The Morgan fingerprint density at radius 2 is 2.32 bits per heavy atom. The van der Waals surface area contributed by atoms with Crippen molar-refractivity contribution in [1.29, 1.82) is 5.26 Å². The number of hydrogen-bond acceptors (Lipinski definition) is 6. The molecule has 0 amide bonds. The summed E-state index contributed by atoms with van der Waals surface area (Å²) in [7, 11) is 0. The fourth-order valence-electron chi connectivity index (χ4n) is 1.42. The molecular weight excluding hydrogens is 264 g/mol. The number of nitrogens with zero attached hydrogens (tertiary/aromatic N) is 3. The summed E-state index contributed by atoms with van der Waals surface area (Å²) in [5.74, 6) is -0.395. The van der Waals surface area contributed by atoms with Gasteiger partial charge in [-0.15, -0.1) is 11.3 Å². The number of rotatable bonds is 5. The number of aromatic carboxylic acids is 1. The molecule has 2 heterocycles. The second kappa shape index (κ2) is 5.93. The molecule has 2 aromatic heterocycles. The molecule has 0 spiro atoms. The SMILES string of the molecule is N#Cc1cccc(NCCc2nc(C(=O)O)cs2)n1. The minimum absolute atomic E-state index is 0.0737. The van der Waals surface area contributed by atoms with Gasteiger partial charge in [0.15, 0.2) is 5.69 Å². The molecule has 6 nitrogen and oxygen atoms in total. The van der Waals surface area contributed by atoms with Gasteiger partial charge in [0.25, 0.3) is 0 Å². The number of carboxylic acids is 1. The van der Waals surface area contributed by atoms with Crippen LogP contribution in [0.15, 0.2) is 23.6 Å². The van der Waals surface area contributed by atoms with Gasteiger partial charge in [-0.1, -0.05) is 6.07 Å². The predicted molar refractivity (Wildman–Crippen MR) is 70.2 cm³/mol. The zero-order valence-corrected chi connectivity index (χ0v) is 10.6. The van der Waals surface area contributed by atoms with Gasteiger partial charge in [0.1, 0.15) is 17.6 Å². The van der Waals surface area contributed by atoms with Gasteiger partial charge in [-0.2, -0.15) is 5.26 Å². The lowest BCUT2D eigenvalue weighted by Gasteiger charge is -2.03. The molecule has 0 aromatic carbocycles. The van der Waals surface area contributed by atoms with Gasteiger partial charge in [0, 0.05) is 18.3 Å². The smallest absolute Gasteiger partial charge is 0.355 e. The number of carboxylic acid groups (broad SMARTS) is 1. The second-order valence-corrected chi connectivity index (χ2v) is 4.57. The van der Waals surface area contributed by atoms with Crippen LogP contribution in [0.2, 0.25) is 0 Å². The van der Waals surface area contributed by atoms with Crippen LogP contribution >= 0.6 is 11.3 Å². The molecule has 7 heteroatoms. The summed E-state index contributed by atoms with van der Waals surface area (Å²) in [6.07, 6.45) is 0.608. The van der Waals surface area contributed by atoms with Crippen molar-refractivity contribution in [2.75, 3.05) is 11.9 Å². The van der Waals surface area contributed by atoms with Crippen molar-refractivity contribution < 1.29 is 9.90 Å². The standard InChI is InChI=1S/C12H10N4O2S/c13-6-8-2-1-3-10(15-8)14-5-4-11-16-9(7-19-11)12(17)18/h1-3,7H,4-5H2,(H,14,15)(H,17,18). The van der Waals surface area contributed by atoms with Gasteiger partial charge in [0.05, 0.1) is 5.01 Å². The van der Waals surface area contributed by atoms with E-state index in [2.05, 4.69) is 15.3 Å². The molecule has 0 aliphatic rings. The topological polar surface area (TPSA) is 98.9 Å². The highest BCUT2D eigenvalue weighted by Crippen LogP contribution is 2.11. The molecule has 0 saturated carbocycles. The van der Waals surface area contributed by atoms with Gasteiger partial charge in [-0.25, -0.2) is 14.8 Å². The maximum Gasteiger partial charge on any atom is 0.355 e. The highest BCUT2D eigenvalue weighted by Gasteiger charge is 2.08. The molecule has 19 heavy (non-hydrogen) atoms. The summed E-state index contributed by atoms with van der Waals surface area (Å²) in [6, 6.07) is 7.11. The lowest BCUT2D eigenvalue weighted by atomic mass is 10.3. The van der Waals surface area contributed by atoms with Crippen molar-refractivity contribution in [2.45, 2.75) is 6.42 Å². The van der Waals surface area contributed by atoms with Crippen LogP contribution in [0.25, 0.3) is 0 Å². The van der Waals surface area contributed by atoms with E-state index in [1.165, 1.54) is 16.7 Å². The Bertz CT molecular complexity index is 633. The van der Waals surface area contributed by atoms with E-state index in [0.717, 1.165) is 5.01 Å². The highest BCUT2D eigenvalue weighted by atomic mass is 32.1. The van der Waals surface area contributed by atoms with E-state index in [9.17, 15) is 4.79 Å². The summed E-state index contributed by atoms with van der Waals surface area (Å²) >= 11 is 1.32. The largest absolute Gasteiger partial charge is 0.476 e. The van der Waals surface area contributed by atoms with Crippen LogP contribution in [-0.4, -0.2) is 27.6 Å². The molecule has 0 aliphatic heterocycles. The van der Waals surface area contributed by atoms with E-state index in [-0.39, 0.29) is 5.69 Å². The first-order chi connectivity index (χ1) is 9.19. The number of anilines is 1. The van der Waals surface area contributed by atoms with Gasteiger partial charge in [-0.05, 0) is 12.1 Å². The Balaban J connectivity index is 1.89. The van der Waals surface area contributed by atoms with Gasteiger partial charge in [0.2, 0.25) is 0 Å². The predicted octanol–water partition coefficient (Wildman–Crippen LogP) is 1.76. The number of carbonyl (C=O) groups is 1. The molecule has 96 valence electrons. The summed E-state index contributed by atoms with van der Waals surface area (Å²) in [5.41, 5.74) is 0.428. The Hall–Kier alpha value is -2.46. The number of aromatic nitrogens is 2. The molecule has 2 aromatic rings. The third-order valence-electron chi connectivity index (χ3n) is 2.28. The monoisotopic (exact) mass is 274 g/mol. The number of nitrogens with one attached hydrogen (secondary N) is 1. The number of nitriles is 1. The first kappa shape index (κ1) is 13.0. The molecule has 0 unspecified atom stereocenters. The minimum atomic E-state index is -1.01. The van der Waals surface area contributed by atoms with Crippen LogP contribution in [0.1, 0.15) is 21.2 Å². The molecular formula is C12H10N4O2S. The summed E-state index contributed by atoms with van der Waals surface area (Å²) < 4.78 is 0. The van der Waals surface area contributed by atoms with Crippen LogP contribution in [-0.2, 0) is 6.42 Å². The third kappa shape index (κ3) is 3.50. The van der Waals surface area contributed by atoms with Crippen LogP contribution in [0.4, 0.5) is 5.82 Å². The molecule has 0 saturated heterocycles. The van der Waals surface area contributed by atoms with E-state index in [1.54, 1.807) is 18.2 Å². The van der Waals surface area contributed by atoms with Crippen molar-refractivity contribution in [1.82, 2.24) is 9.97 Å². The average molecular weight is 274 g/mol. The molecule has 2 N–H and O–H groups in total.